The third-order valence-corrected chi connectivity index (χ3v) is 6.02. The number of carbonyl (C=O) groups is 1. The van der Waals surface area contributed by atoms with Gasteiger partial charge in [0.05, 0.1) is 22.3 Å². The SMILES string of the molecule is Cc1[nH]c(C(=O)Nc2ccc(-c3n[nH]c(=O)o3)cc2OCC2CCCNC2)c(Cl)c1Cl.Cl. The number of rotatable bonds is 6. The maximum atomic E-state index is 12.8. The van der Waals surface area contributed by atoms with Gasteiger partial charge in [0.1, 0.15) is 11.4 Å². The Hall–Kier alpha value is -2.46. The summed E-state index contributed by atoms with van der Waals surface area (Å²) in [5.74, 6) is -0.210. The molecule has 0 bridgehead atoms. The number of hydrogen-bond acceptors (Lipinski definition) is 6. The summed E-state index contributed by atoms with van der Waals surface area (Å²) in [5, 5.41) is 12.7. The van der Waals surface area contributed by atoms with Crippen molar-refractivity contribution in [2.24, 2.45) is 5.92 Å². The van der Waals surface area contributed by atoms with Crippen LogP contribution in [0.5, 0.6) is 5.75 Å². The van der Waals surface area contributed by atoms with Crippen molar-refractivity contribution in [3.8, 4) is 17.2 Å². The molecule has 0 radical (unpaired) electrons. The van der Waals surface area contributed by atoms with Crippen molar-refractivity contribution in [2.45, 2.75) is 19.8 Å². The largest absolute Gasteiger partial charge is 0.491 e. The first-order valence-corrected chi connectivity index (χ1v) is 10.6. The van der Waals surface area contributed by atoms with Crippen LogP contribution in [0.15, 0.2) is 27.4 Å². The Kier molecular flexibility index (Phi) is 7.89. The highest BCUT2D eigenvalue weighted by atomic mass is 35.5. The Balaban J connectivity index is 0.00000289. The van der Waals surface area contributed by atoms with Gasteiger partial charge in [0, 0.05) is 23.7 Å². The molecular formula is C20H22Cl3N5O4. The van der Waals surface area contributed by atoms with Crippen LogP contribution >= 0.6 is 35.6 Å². The lowest BCUT2D eigenvalue weighted by atomic mass is 10.0. The van der Waals surface area contributed by atoms with E-state index >= 15 is 0 Å². The van der Waals surface area contributed by atoms with Crippen LogP contribution in [0.2, 0.25) is 10.0 Å². The molecule has 4 N–H and O–H groups in total. The highest BCUT2D eigenvalue weighted by Gasteiger charge is 2.21. The third kappa shape index (κ3) is 5.29. The van der Waals surface area contributed by atoms with Gasteiger partial charge in [-0.05, 0) is 44.5 Å². The lowest BCUT2D eigenvalue weighted by Gasteiger charge is -2.23. The van der Waals surface area contributed by atoms with Crippen molar-refractivity contribution in [1.29, 1.82) is 0 Å². The highest BCUT2D eigenvalue weighted by Crippen LogP contribution is 2.33. The fourth-order valence-electron chi connectivity index (χ4n) is 3.42. The van der Waals surface area contributed by atoms with E-state index in [4.69, 9.17) is 32.4 Å². The summed E-state index contributed by atoms with van der Waals surface area (Å²) in [6.45, 7) is 4.07. The van der Waals surface area contributed by atoms with Gasteiger partial charge in [-0.1, -0.05) is 23.2 Å². The number of aromatic nitrogens is 3. The van der Waals surface area contributed by atoms with Crippen molar-refractivity contribution in [3.63, 3.8) is 0 Å². The quantitative estimate of drug-likeness (QED) is 0.403. The fourth-order valence-corrected chi connectivity index (χ4v) is 3.83. The fraction of sp³-hybridized carbons (Fsp3) is 0.350. The number of H-pyrrole nitrogens is 2. The maximum Gasteiger partial charge on any atom is 0.434 e. The lowest BCUT2D eigenvalue weighted by molar-refractivity contribution is 0.102. The molecule has 1 aliphatic rings. The van der Waals surface area contributed by atoms with Gasteiger partial charge in [-0.25, -0.2) is 9.89 Å². The third-order valence-electron chi connectivity index (χ3n) is 5.07. The number of halogens is 3. The van der Waals surface area contributed by atoms with Crippen molar-refractivity contribution in [3.05, 3.63) is 50.2 Å². The maximum absolute atomic E-state index is 12.8. The summed E-state index contributed by atoms with van der Waals surface area (Å²) >= 11 is 12.3. The topological polar surface area (TPSA) is 125 Å². The molecule has 2 aromatic heterocycles. The molecule has 1 aromatic carbocycles. The summed E-state index contributed by atoms with van der Waals surface area (Å²) in [7, 11) is 0. The van der Waals surface area contributed by atoms with E-state index < -0.39 is 11.7 Å². The predicted molar refractivity (Wildman–Crippen MR) is 124 cm³/mol. The van der Waals surface area contributed by atoms with E-state index in [-0.39, 0.29) is 29.0 Å². The van der Waals surface area contributed by atoms with Crippen LogP contribution in [-0.4, -0.2) is 40.8 Å². The molecule has 9 nitrogen and oxygen atoms in total. The molecule has 0 spiro atoms. The van der Waals surface area contributed by atoms with Gasteiger partial charge < -0.3 is 24.8 Å². The second kappa shape index (κ2) is 10.4. The van der Waals surface area contributed by atoms with E-state index in [1.807, 2.05) is 0 Å². The number of carbonyl (C=O) groups excluding carboxylic acids is 1. The monoisotopic (exact) mass is 501 g/mol. The van der Waals surface area contributed by atoms with Crippen molar-refractivity contribution >= 4 is 47.2 Å². The van der Waals surface area contributed by atoms with Crippen LogP contribution in [0.4, 0.5) is 5.69 Å². The molecule has 4 rings (SSSR count). The molecule has 3 heterocycles. The molecular weight excluding hydrogens is 481 g/mol. The van der Waals surface area contributed by atoms with Gasteiger partial charge in [-0.2, -0.15) is 0 Å². The minimum atomic E-state index is -0.656. The van der Waals surface area contributed by atoms with Crippen LogP contribution in [0.3, 0.4) is 0 Å². The van der Waals surface area contributed by atoms with E-state index in [0.717, 1.165) is 25.9 Å². The Labute approximate surface area is 199 Å². The molecule has 1 unspecified atom stereocenters. The zero-order valence-electron chi connectivity index (χ0n) is 17.1. The molecule has 172 valence electrons. The Morgan fingerprint density at radius 1 is 1.34 bits per heavy atom. The van der Waals surface area contributed by atoms with Gasteiger partial charge in [0.15, 0.2) is 0 Å². The number of nitrogens with one attached hydrogen (secondary N) is 4. The smallest absolute Gasteiger partial charge is 0.434 e. The Morgan fingerprint density at radius 3 is 2.78 bits per heavy atom. The Morgan fingerprint density at radius 2 is 2.16 bits per heavy atom. The average Bonchev–Trinajstić information content (AvgIpc) is 3.32. The number of benzene rings is 1. The van der Waals surface area contributed by atoms with Gasteiger partial charge in [0.2, 0.25) is 5.89 Å². The predicted octanol–water partition coefficient (Wildman–Crippen LogP) is 4.03. The number of hydrogen-bond donors (Lipinski definition) is 4. The first-order chi connectivity index (χ1) is 14.9. The number of piperidine rings is 1. The van der Waals surface area contributed by atoms with Crippen LogP contribution in [-0.2, 0) is 0 Å². The van der Waals surface area contributed by atoms with Gasteiger partial charge >= 0.3 is 5.76 Å². The van der Waals surface area contributed by atoms with Gasteiger partial charge in [-0.15, -0.1) is 17.5 Å². The molecule has 1 fully saturated rings. The summed E-state index contributed by atoms with van der Waals surface area (Å²) in [6.07, 6.45) is 2.14. The van der Waals surface area contributed by atoms with Crippen molar-refractivity contribution in [1.82, 2.24) is 20.5 Å². The minimum Gasteiger partial charge on any atom is -0.491 e. The average molecular weight is 503 g/mol. The molecule has 0 aliphatic carbocycles. The molecule has 1 amide bonds. The summed E-state index contributed by atoms with van der Waals surface area (Å²) in [6, 6.07) is 4.99. The highest BCUT2D eigenvalue weighted by molar-refractivity contribution is 6.44. The number of amides is 1. The zero-order valence-corrected chi connectivity index (χ0v) is 19.4. The first kappa shape index (κ1) is 24.2. The van der Waals surface area contributed by atoms with E-state index in [9.17, 15) is 9.59 Å². The van der Waals surface area contributed by atoms with Crippen LogP contribution in [0, 0.1) is 12.8 Å². The number of aromatic amines is 2. The van der Waals surface area contributed by atoms with Gasteiger partial charge in [-0.3, -0.25) is 4.79 Å². The molecule has 1 saturated heterocycles. The van der Waals surface area contributed by atoms with Crippen LogP contribution in [0.1, 0.15) is 29.0 Å². The van der Waals surface area contributed by atoms with E-state index in [1.54, 1.807) is 25.1 Å². The van der Waals surface area contributed by atoms with Crippen molar-refractivity contribution < 1.29 is 13.9 Å². The molecule has 12 heteroatoms. The molecule has 32 heavy (non-hydrogen) atoms. The van der Waals surface area contributed by atoms with E-state index in [0.29, 0.717) is 40.2 Å². The summed E-state index contributed by atoms with van der Waals surface area (Å²) < 4.78 is 11.1. The standard InChI is InChI=1S/C20H21Cl2N5O4.ClH/c1-10-15(21)16(22)17(24-10)18(28)25-13-5-4-12(19-26-27-20(29)31-19)7-14(13)30-9-11-3-2-6-23-8-11;/h4-5,7,11,23-24H,2-3,6,8-9H2,1H3,(H,25,28)(H,27,29);1H. The molecule has 3 aromatic rings. The number of ether oxygens (including phenoxy) is 1. The molecule has 1 atom stereocenters. The Bertz CT molecular complexity index is 1150. The van der Waals surface area contributed by atoms with E-state index in [2.05, 4.69) is 25.8 Å². The van der Waals surface area contributed by atoms with Crippen LogP contribution in [0.25, 0.3) is 11.5 Å². The molecule has 1 aliphatic heterocycles. The minimum absolute atomic E-state index is 0. The van der Waals surface area contributed by atoms with Crippen LogP contribution < -0.4 is 21.1 Å². The summed E-state index contributed by atoms with van der Waals surface area (Å²) in [5.41, 5.74) is 1.73. The summed E-state index contributed by atoms with van der Waals surface area (Å²) in [4.78, 5) is 27.0. The van der Waals surface area contributed by atoms with E-state index in [1.165, 1.54) is 0 Å². The number of anilines is 1. The lowest BCUT2D eigenvalue weighted by Crippen LogP contribution is -2.33. The zero-order chi connectivity index (χ0) is 22.0. The van der Waals surface area contributed by atoms with Crippen molar-refractivity contribution in [2.75, 3.05) is 25.0 Å². The number of nitrogens with zero attached hydrogens (tertiary/aromatic N) is 1. The normalized spacial score (nSPS) is 15.8. The number of aryl methyl sites for hydroxylation is 1. The van der Waals surface area contributed by atoms with Gasteiger partial charge in [0.25, 0.3) is 5.91 Å². The first-order valence-electron chi connectivity index (χ1n) is 9.80. The second-order valence-corrected chi connectivity index (χ2v) is 8.12. The second-order valence-electron chi connectivity index (χ2n) is 7.36. The molecule has 0 saturated carbocycles.